The van der Waals surface area contributed by atoms with Crippen molar-refractivity contribution >= 4 is 0 Å². The molecule has 2 aromatic rings. The van der Waals surface area contributed by atoms with Crippen LogP contribution in [0.5, 0.6) is 0 Å². The van der Waals surface area contributed by atoms with Gasteiger partial charge in [-0.3, -0.25) is 0 Å². The highest BCUT2D eigenvalue weighted by atomic mass is 14.2. The maximum Gasteiger partial charge on any atom is -0.00134 e. The van der Waals surface area contributed by atoms with Gasteiger partial charge >= 0.3 is 0 Å². The van der Waals surface area contributed by atoms with E-state index in [2.05, 4.69) is 49.0 Å². The summed E-state index contributed by atoms with van der Waals surface area (Å²) in [6, 6.07) is 15.6. The molecule has 0 fully saturated rings. The Kier molecular flexibility index (Phi) is 2.56. The largest absolute Gasteiger partial charge is 0.103 e. The molecule has 84 valence electrons. The van der Waals surface area contributed by atoms with Gasteiger partial charge in [-0.25, -0.2) is 0 Å². The second kappa shape index (κ2) is 4.21. The number of hydrogen-bond donors (Lipinski definition) is 0. The summed E-state index contributed by atoms with van der Waals surface area (Å²) in [6.45, 7) is 3.78. The molecular formula is C17H16. The summed E-state index contributed by atoms with van der Waals surface area (Å²) < 4.78 is 0. The molecule has 0 amide bonds. The van der Waals surface area contributed by atoms with Crippen molar-refractivity contribution in [2.24, 2.45) is 0 Å². The van der Waals surface area contributed by atoms with E-state index >= 15 is 0 Å². The minimum atomic E-state index is 1.06. The smallest absolute Gasteiger partial charge is 0.00134 e. The van der Waals surface area contributed by atoms with Gasteiger partial charge in [0.15, 0.2) is 0 Å². The van der Waals surface area contributed by atoms with Gasteiger partial charge in [0.05, 0.1) is 0 Å². The zero-order valence-corrected chi connectivity index (χ0v) is 9.95. The molecule has 0 bridgehead atoms. The van der Waals surface area contributed by atoms with Gasteiger partial charge in [0, 0.05) is 0 Å². The molecule has 17 heavy (non-hydrogen) atoms. The summed E-state index contributed by atoms with van der Waals surface area (Å²) in [7, 11) is 0. The van der Waals surface area contributed by atoms with Crippen molar-refractivity contribution in [2.75, 3.05) is 0 Å². The minimum absolute atomic E-state index is 1.06. The van der Waals surface area contributed by atoms with Gasteiger partial charge in [-0.05, 0) is 47.1 Å². The Morgan fingerprint density at radius 3 is 2.71 bits per heavy atom. The topological polar surface area (TPSA) is 0 Å². The maximum absolute atomic E-state index is 3.78. The first-order valence-corrected chi connectivity index (χ1v) is 6.19. The van der Waals surface area contributed by atoms with Gasteiger partial charge in [0.25, 0.3) is 0 Å². The Morgan fingerprint density at radius 1 is 1.00 bits per heavy atom. The van der Waals surface area contributed by atoms with E-state index in [0.29, 0.717) is 0 Å². The van der Waals surface area contributed by atoms with E-state index in [1.807, 2.05) is 6.08 Å². The first-order valence-electron chi connectivity index (χ1n) is 6.19. The highest BCUT2D eigenvalue weighted by Crippen LogP contribution is 2.36. The standard InChI is InChI=1S/C17H16/c1-2-3-6-13-9-10-17-15(11-13)12-14-7-4-5-8-16(14)17/h2,4-5,7-11H,1,3,6,12H2. The average Bonchev–Trinajstić information content (AvgIpc) is 2.74. The molecule has 0 aromatic heterocycles. The third-order valence-corrected chi connectivity index (χ3v) is 3.50. The summed E-state index contributed by atoms with van der Waals surface area (Å²) in [5.74, 6) is 0. The number of rotatable bonds is 3. The molecule has 0 nitrogen and oxygen atoms in total. The number of fused-ring (bicyclic) bond motifs is 3. The van der Waals surface area contributed by atoms with E-state index in [9.17, 15) is 0 Å². The average molecular weight is 220 g/mol. The first-order chi connectivity index (χ1) is 8.38. The van der Waals surface area contributed by atoms with Crippen molar-refractivity contribution in [3.05, 3.63) is 71.8 Å². The lowest BCUT2D eigenvalue weighted by Gasteiger charge is -2.04. The molecule has 0 saturated carbocycles. The van der Waals surface area contributed by atoms with Crippen LogP contribution in [0.1, 0.15) is 23.1 Å². The fraction of sp³-hybridized carbons (Fsp3) is 0.176. The summed E-state index contributed by atoms with van der Waals surface area (Å²) >= 11 is 0. The van der Waals surface area contributed by atoms with Crippen molar-refractivity contribution in [2.45, 2.75) is 19.3 Å². The monoisotopic (exact) mass is 220 g/mol. The van der Waals surface area contributed by atoms with Crippen LogP contribution >= 0.6 is 0 Å². The van der Waals surface area contributed by atoms with Crippen LogP contribution in [0.15, 0.2) is 55.1 Å². The molecule has 0 spiro atoms. The normalized spacial score (nSPS) is 12.0. The molecule has 2 aromatic carbocycles. The summed E-state index contributed by atoms with van der Waals surface area (Å²) in [5.41, 5.74) is 7.20. The molecular weight excluding hydrogens is 204 g/mol. The van der Waals surface area contributed by atoms with E-state index in [-0.39, 0.29) is 0 Å². The van der Waals surface area contributed by atoms with Crippen LogP contribution in [0.2, 0.25) is 0 Å². The SMILES string of the molecule is C=CCCc1ccc2c(c1)Cc1ccccc1-2. The van der Waals surface area contributed by atoms with Gasteiger partial charge in [-0.2, -0.15) is 0 Å². The third-order valence-electron chi connectivity index (χ3n) is 3.50. The maximum atomic E-state index is 3.78. The Bertz CT molecular complexity index is 564. The molecule has 1 aliphatic rings. The van der Waals surface area contributed by atoms with Crippen molar-refractivity contribution in [1.82, 2.24) is 0 Å². The number of hydrogen-bond acceptors (Lipinski definition) is 0. The highest BCUT2D eigenvalue weighted by Gasteiger charge is 2.17. The predicted molar refractivity (Wildman–Crippen MR) is 73.2 cm³/mol. The number of aryl methyl sites for hydroxylation is 1. The van der Waals surface area contributed by atoms with Gasteiger partial charge in [0.2, 0.25) is 0 Å². The Morgan fingerprint density at radius 2 is 1.82 bits per heavy atom. The first kappa shape index (κ1) is 10.3. The van der Waals surface area contributed by atoms with E-state index in [1.165, 1.54) is 27.8 Å². The van der Waals surface area contributed by atoms with Crippen LogP contribution in [0.3, 0.4) is 0 Å². The molecule has 0 heterocycles. The zero-order chi connectivity index (χ0) is 11.7. The summed E-state index contributed by atoms with van der Waals surface area (Å²) in [6.07, 6.45) is 5.24. The lowest BCUT2D eigenvalue weighted by molar-refractivity contribution is 1.000. The van der Waals surface area contributed by atoms with Crippen LogP contribution in [-0.4, -0.2) is 0 Å². The van der Waals surface area contributed by atoms with Crippen LogP contribution in [-0.2, 0) is 12.8 Å². The quantitative estimate of drug-likeness (QED) is 0.575. The lowest BCUT2D eigenvalue weighted by atomic mass is 10.0. The fourth-order valence-corrected chi connectivity index (χ4v) is 2.62. The van der Waals surface area contributed by atoms with Crippen LogP contribution in [0.25, 0.3) is 11.1 Å². The van der Waals surface area contributed by atoms with Gasteiger partial charge in [-0.1, -0.05) is 48.5 Å². The summed E-state index contributed by atoms with van der Waals surface area (Å²) in [5, 5.41) is 0. The van der Waals surface area contributed by atoms with Crippen molar-refractivity contribution < 1.29 is 0 Å². The second-order valence-corrected chi connectivity index (χ2v) is 4.65. The number of allylic oxidation sites excluding steroid dienone is 1. The minimum Gasteiger partial charge on any atom is -0.103 e. The van der Waals surface area contributed by atoms with Crippen molar-refractivity contribution in [3.8, 4) is 11.1 Å². The fourth-order valence-electron chi connectivity index (χ4n) is 2.62. The Hall–Kier alpha value is -1.82. The van der Waals surface area contributed by atoms with Crippen molar-refractivity contribution in [1.29, 1.82) is 0 Å². The van der Waals surface area contributed by atoms with Crippen LogP contribution in [0.4, 0.5) is 0 Å². The van der Waals surface area contributed by atoms with Crippen LogP contribution in [0, 0.1) is 0 Å². The molecule has 0 N–H and O–H groups in total. The molecule has 0 unspecified atom stereocenters. The molecule has 1 aliphatic carbocycles. The van der Waals surface area contributed by atoms with E-state index in [1.54, 1.807) is 0 Å². The third kappa shape index (κ3) is 1.80. The molecule has 0 heteroatoms. The van der Waals surface area contributed by atoms with Gasteiger partial charge < -0.3 is 0 Å². The van der Waals surface area contributed by atoms with E-state index in [4.69, 9.17) is 0 Å². The van der Waals surface area contributed by atoms with Crippen molar-refractivity contribution in [3.63, 3.8) is 0 Å². The van der Waals surface area contributed by atoms with E-state index in [0.717, 1.165) is 19.3 Å². The highest BCUT2D eigenvalue weighted by molar-refractivity contribution is 5.76. The second-order valence-electron chi connectivity index (χ2n) is 4.65. The lowest BCUT2D eigenvalue weighted by Crippen LogP contribution is -1.87. The molecule has 0 radical (unpaired) electrons. The molecule has 0 aliphatic heterocycles. The number of benzene rings is 2. The molecule has 3 rings (SSSR count). The Labute approximate surface area is 103 Å². The van der Waals surface area contributed by atoms with Gasteiger partial charge in [-0.15, -0.1) is 6.58 Å². The van der Waals surface area contributed by atoms with Gasteiger partial charge in [0.1, 0.15) is 0 Å². The predicted octanol–water partition coefficient (Wildman–Crippen LogP) is 4.38. The molecule has 0 atom stereocenters. The molecule has 0 saturated heterocycles. The Balaban J connectivity index is 1.98. The zero-order valence-electron chi connectivity index (χ0n) is 9.95. The summed E-state index contributed by atoms with van der Waals surface area (Å²) in [4.78, 5) is 0. The van der Waals surface area contributed by atoms with Crippen LogP contribution < -0.4 is 0 Å². The van der Waals surface area contributed by atoms with E-state index < -0.39 is 0 Å².